The molecule has 82 valence electrons. The van der Waals surface area contributed by atoms with Crippen LogP contribution in [0.1, 0.15) is 33.3 Å². The van der Waals surface area contributed by atoms with Gasteiger partial charge in [0.2, 0.25) is 0 Å². The van der Waals surface area contributed by atoms with E-state index in [9.17, 15) is 4.79 Å². The minimum absolute atomic E-state index is 0.101. The average Bonchev–Trinajstić information content (AvgIpc) is 2.75. The van der Waals surface area contributed by atoms with E-state index in [1.807, 2.05) is 25.3 Å². The molecule has 0 aliphatic carbocycles. The molecule has 3 heteroatoms. The highest BCUT2D eigenvalue weighted by Gasteiger charge is 2.13. The maximum Gasteiger partial charge on any atom is 0.194 e. The maximum atomic E-state index is 12.2. The largest absolute Gasteiger partial charge is 0.289 e. The van der Waals surface area contributed by atoms with Crippen molar-refractivity contribution in [3.05, 3.63) is 51.5 Å². The zero-order chi connectivity index (χ0) is 11.5. The van der Waals surface area contributed by atoms with Crippen molar-refractivity contribution in [2.45, 2.75) is 20.3 Å². The van der Waals surface area contributed by atoms with Crippen molar-refractivity contribution in [3.63, 3.8) is 0 Å². The van der Waals surface area contributed by atoms with E-state index < -0.39 is 0 Å². The molecule has 0 amide bonds. The molecule has 0 fully saturated rings. The monoisotopic (exact) mass is 231 g/mol. The number of rotatable bonds is 3. The third-order valence-electron chi connectivity index (χ3n) is 2.52. The van der Waals surface area contributed by atoms with Crippen molar-refractivity contribution < 1.29 is 4.79 Å². The average molecular weight is 231 g/mol. The lowest BCUT2D eigenvalue weighted by Crippen LogP contribution is -2.04. The SMILES string of the molecule is CCc1cnccc1C(=O)c1csc(C)c1. The van der Waals surface area contributed by atoms with Gasteiger partial charge in [-0.15, -0.1) is 11.3 Å². The van der Waals surface area contributed by atoms with Gasteiger partial charge < -0.3 is 0 Å². The van der Waals surface area contributed by atoms with E-state index in [1.165, 1.54) is 0 Å². The summed E-state index contributed by atoms with van der Waals surface area (Å²) in [5.74, 6) is 0.101. The predicted octanol–water partition coefficient (Wildman–Crippen LogP) is 3.24. The van der Waals surface area contributed by atoms with Gasteiger partial charge in [0, 0.05) is 33.8 Å². The van der Waals surface area contributed by atoms with Gasteiger partial charge in [-0.25, -0.2) is 0 Å². The van der Waals surface area contributed by atoms with E-state index in [1.54, 1.807) is 29.8 Å². The smallest absolute Gasteiger partial charge is 0.194 e. The van der Waals surface area contributed by atoms with Crippen molar-refractivity contribution in [1.29, 1.82) is 0 Å². The van der Waals surface area contributed by atoms with Crippen molar-refractivity contribution in [3.8, 4) is 0 Å². The van der Waals surface area contributed by atoms with Crippen LogP contribution >= 0.6 is 11.3 Å². The standard InChI is InChI=1S/C13H13NOS/c1-3-10-7-14-5-4-12(10)13(15)11-6-9(2)16-8-11/h4-8H,3H2,1-2H3. The predicted molar refractivity (Wildman–Crippen MR) is 66.1 cm³/mol. The summed E-state index contributed by atoms with van der Waals surface area (Å²) in [7, 11) is 0. The summed E-state index contributed by atoms with van der Waals surface area (Å²) in [6, 6.07) is 3.74. The molecule has 2 rings (SSSR count). The third kappa shape index (κ3) is 2.04. The first kappa shape index (κ1) is 11.0. The Labute approximate surface area is 99.0 Å². The molecule has 0 radical (unpaired) electrons. The Morgan fingerprint density at radius 1 is 1.50 bits per heavy atom. The Balaban J connectivity index is 2.41. The molecule has 0 aliphatic rings. The number of aryl methyl sites for hydroxylation is 2. The number of carbonyl (C=O) groups excluding carboxylic acids is 1. The summed E-state index contributed by atoms with van der Waals surface area (Å²) >= 11 is 1.60. The van der Waals surface area contributed by atoms with E-state index in [4.69, 9.17) is 0 Å². The number of pyridine rings is 1. The molecule has 0 atom stereocenters. The summed E-state index contributed by atoms with van der Waals surface area (Å²) in [6.45, 7) is 4.04. The number of nitrogens with zero attached hydrogens (tertiary/aromatic N) is 1. The highest BCUT2D eigenvalue weighted by Crippen LogP contribution is 2.19. The summed E-state index contributed by atoms with van der Waals surface area (Å²) in [6.07, 6.45) is 4.27. The summed E-state index contributed by atoms with van der Waals surface area (Å²) < 4.78 is 0. The van der Waals surface area contributed by atoms with E-state index in [0.717, 1.165) is 28.0 Å². The van der Waals surface area contributed by atoms with Crippen LogP contribution in [0.4, 0.5) is 0 Å². The maximum absolute atomic E-state index is 12.2. The van der Waals surface area contributed by atoms with Crippen LogP contribution in [-0.4, -0.2) is 10.8 Å². The van der Waals surface area contributed by atoms with Gasteiger partial charge in [-0.1, -0.05) is 6.92 Å². The van der Waals surface area contributed by atoms with Crippen LogP contribution in [0.5, 0.6) is 0 Å². The van der Waals surface area contributed by atoms with Gasteiger partial charge >= 0.3 is 0 Å². The molecule has 0 N–H and O–H groups in total. The second-order valence-corrected chi connectivity index (χ2v) is 4.78. The van der Waals surface area contributed by atoms with Crippen molar-refractivity contribution in [1.82, 2.24) is 4.98 Å². The van der Waals surface area contributed by atoms with E-state index >= 15 is 0 Å². The Hall–Kier alpha value is -1.48. The zero-order valence-corrected chi connectivity index (χ0v) is 10.2. The molecule has 0 spiro atoms. The first-order valence-electron chi connectivity index (χ1n) is 5.25. The summed E-state index contributed by atoms with van der Waals surface area (Å²) in [5.41, 5.74) is 2.56. The van der Waals surface area contributed by atoms with Crippen LogP contribution in [0.15, 0.2) is 29.9 Å². The Bertz CT molecular complexity index is 516. The van der Waals surface area contributed by atoms with Crippen molar-refractivity contribution in [2.24, 2.45) is 0 Å². The van der Waals surface area contributed by atoms with Crippen LogP contribution in [0.2, 0.25) is 0 Å². The number of thiophene rings is 1. The topological polar surface area (TPSA) is 30.0 Å². The van der Waals surface area contributed by atoms with Gasteiger partial charge in [-0.05, 0) is 31.0 Å². The normalized spacial score (nSPS) is 10.4. The quantitative estimate of drug-likeness (QED) is 0.759. The second kappa shape index (κ2) is 4.58. The Morgan fingerprint density at radius 3 is 2.94 bits per heavy atom. The zero-order valence-electron chi connectivity index (χ0n) is 9.36. The van der Waals surface area contributed by atoms with Crippen LogP contribution < -0.4 is 0 Å². The molecule has 0 saturated carbocycles. The fraction of sp³-hybridized carbons (Fsp3) is 0.231. The Kier molecular flexibility index (Phi) is 3.15. The van der Waals surface area contributed by atoms with Gasteiger partial charge in [0.05, 0.1) is 0 Å². The minimum atomic E-state index is 0.101. The molecule has 2 nitrogen and oxygen atoms in total. The van der Waals surface area contributed by atoms with Crippen LogP contribution in [-0.2, 0) is 6.42 Å². The van der Waals surface area contributed by atoms with E-state index in [-0.39, 0.29) is 5.78 Å². The number of hydrogen-bond acceptors (Lipinski definition) is 3. The molecule has 0 unspecified atom stereocenters. The highest BCUT2D eigenvalue weighted by atomic mass is 32.1. The first-order valence-corrected chi connectivity index (χ1v) is 6.13. The minimum Gasteiger partial charge on any atom is -0.289 e. The molecule has 0 aromatic carbocycles. The van der Waals surface area contributed by atoms with Gasteiger partial charge in [-0.3, -0.25) is 9.78 Å². The molecular weight excluding hydrogens is 218 g/mol. The van der Waals surface area contributed by atoms with Gasteiger partial charge in [0.25, 0.3) is 0 Å². The van der Waals surface area contributed by atoms with Crippen LogP contribution in [0.25, 0.3) is 0 Å². The van der Waals surface area contributed by atoms with E-state index in [2.05, 4.69) is 4.98 Å². The van der Waals surface area contributed by atoms with Crippen LogP contribution in [0, 0.1) is 6.92 Å². The molecule has 16 heavy (non-hydrogen) atoms. The molecule has 0 aliphatic heterocycles. The van der Waals surface area contributed by atoms with Crippen LogP contribution in [0.3, 0.4) is 0 Å². The first-order chi connectivity index (χ1) is 7.72. The lowest BCUT2D eigenvalue weighted by Gasteiger charge is -2.04. The molecule has 2 heterocycles. The highest BCUT2D eigenvalue weighted by molar-refractivity contribution is 7.10. The fourth-order valence-corrected chi connectivity index (χ4v) is 2.33. The molecule has 2 aromatic heterocycles. The number of carbonyl (C=O) groups is 1. The fourth-order valence-electron chi connectivity index (χ4n) is 1.65. The van der Waals surface area contributed by atoms with E-state index in [0.29, 0.717) is 0 Å². The molecule has 2 aromatic rings. The third-order valence-corrected chi connectivity index (χ3v) is 3.38. The Morgan fingerprint density at radius 2 is 2.31 bits per heavy atom. The number of hydrogen-bond donors (Lipinski definition) is 0. The lowest BCUT2D eigenvalue weighted by atomic mass is 10.0. The van der Waals surface area contributed by atoms with Gasteiger partial charge in [-0.2, -0.15) is 0 Å². The number of aromatic nitrogens is 1. The van der Waals surface area contributed by atoms with Crippen molar-refractivity contribution in [2.75, 3.05) is 0 Å². The second-order valence-electron chi connectivity index (χ2n) is 3.66. The molecule has 0 saturated heterocycles. The number of ketones is 1. The van der Waals surface area contributed by atoms with Gasteiger partial charge in [0.1, 0.15) is 0 Å². The summed E-state index contributed by atoms with van der Waals surface area (Å²) in [5, 5.41) is 1.91. The molecule has 0 bridgehead atoms. The van der Waals surface area contributed by atoms with Crippen molar-refractivity contribution >= 4 is 17.1 Å². The summed E-state index contributed by atoms with van der Waals surface area (Å²) in [4.78, 5) is 17.4. The molecular formula is C13H13NOS. The lowest BCUT2D eigenvalue weighted by molar-refractivity contribution is 0.103. The van der Waals surface area contributed by atoms with Gasteiger partial charge in [0.15, 0.2) is 5.78 Å².